The molecule has 5 aliphatic rings. The normalized spacial score (nSPS) is 27.7. The highest BCUT2D eigenvalue weighted by molar-refractivity contribution is 7.22. The molecule has 2 aliphatic carbocycles. The van der Waals surface area contributed by atoms with E-state index in [9.17, 15) is 19.5 Å². The zero-order valence-electron chi connectivity index (χ0n) is 32.6. The molecule has 3 aromatic carbocycles. The summed E-state index contributed by atoms with van der Waals surface area (Å²) in [6.07, 6.45) is 4.07. The summed E-state index contributed by atoms with van der Waals surface area (Å²) in [5, 5.41) is 17.9. The van der Waals surface area contributed by atoms with Crippen LogP contribution in [-0.2, 0) is 32.8 Å². The number of phenolic OH excluding ortho intramolecular Hbond substituents is 1. The largest absolute Gasteiger partial charge is 0.508 e. The Kier molecular flexibility index (Phi) is 8.81. The molecular formula is C46H44ClN5O5S. The van der Waals surface area contributed by atoms with Crippen molar-refractivity contribution in [3.63, 3.8) is 0 Å². The fourth-order valence-electron chi connectivity index (χ4n) is 11.1. The van der Waals surface area contributed by atoms with E-state index in [0.29, 0.717) is 41.4 Å². The van der Waals surface area contributed by atoms with Gasteiger partial charge in [0.25, 0.3) is 0 Å². The van der Waals surface area contributed by atoms with Crippen LogP contribution in [0.15, 0.2) is 90.5 Å². The Morgan fingerprint density at radius 1 is 0.914 bits per heavy atom. The summed E-state index contributed by atoms with van der Waals surface area (Å²) in [5.41, 5.74) is 3.01. The van der Waals surface area contributed by atoms with E-state index in [0.717, 1.165) is 45.7 Å². The standard InChI is InChI=1S/C46H44ClN5O5S/c1-25-32-21-27(47)13-16-37(32)58-41(25)35-23-38(49(3)48-35)52-43(55)34-22-33-29(40(46(34,2)45(52)57)30-11-7-8-12-36(30)53)14-15-31-39(33)44(56)51(42(31)54)28-17-19-50(20-18-28)24-26-9-5-4-6-10-26/h4-14,16,21,23,28,31,33-34,39-40,53H,15,17-20,22,24H2,1-3H3/t31-,33+,34-,39-,40+,46+/m0/s1. The third-order valence-corrected chi connectivity index (χ3v) is 15.5. The third kappa shape index (κ3) is 5.49. The molecular weight excluding hydrogens is 770 g/mol. The van der Waals surface area contributed by atoms with Gasteiger partial charge in [-0.15, -0.1) is 11.3 Å². The van der Waals surface area contributed by atoms with Gasteiger partial charge in [0.2, 0.25) is 23.6 Å². The number of aromatic nitrogens is 2. The Hall–Kier alpha value is -5.10. The predicted octanol–water partition coefficient (Wildman–Crippen LogP) is 7.86. The van der Waals surface area contributed by atoms with Crippen LogP contribution in [0, 0.1) is 36.0 Å². The lowest BCUT2D eigenvalue weighted by Crippen LogP contribution is -2.49. The quantitative estimate of drug-likeness (QED) is 0.137. The van der Waals surface area contributed by atoms with Crippen molar-refractivity contribution in [3.05, 3.63) is 112 Å². The molecule has 5 heterocycles. The predicted molar refractivity (Wildman–Crippen MR) is 223 cm³/mol. The maximum absolute atomic E-state index is 15.1. The number of likely N-dealkylation sites (tertiary alicyclic amines) is 2. The van der Waals surface area contributed by atoms with Gasteiger partial charge in [-0.25, -0.2) is 4.90 Å². The van der Waals surface area contributed by atoms with Crippen LogP contribution in [0.2, 0.25) is 5.02 Å². The summed E-state index contributed by atoms with van der Waals surface area (Å²) in [5.74, 6) is -3.77. The zero-order valence-corrected chi connectivity index (χ0v) is 34.2. The van der Waals surface area contributed by atoms with Gasteiger partial charge in [-0.2, -0.15) is 5.10 Å². The Labute approximate surface area is 345 Å². The average Bonchev–Trinajstić information content (AvgIpc) is 3.89. The van der Waals surface area contributed by atoms with Crippen molar-refractivity contribution >= 4 is 62.5 Å². The highest BCUT2D eigenvalue weighted by atomic mass is 35.5. The number of hydrogen-bond donors (Lipinski definition) is 1. The van der Waals surface area contributed by atoms with E-state index >= 15 is 4.79 Å². The molecule has 4 fully saturated rings. The van der Waals surface area contributed by atoms with E-state index in [1.807, 2.05) is 68.5 Å². The fraction of sp³-hybridized carbons (Fsp3) is 0.370. The lowest BCUT2D eigenvalue weighted by Gasteiger charge is -2.49. The van der Waals surface area contributed by atoms with E-state index in [-0.39, 0.29) is 41.8 Å². The van der Waals surface area contributed by atoms with Crippen LogP contribution in [0.5, 0.6) is 5.75 Å². The Bertz CT molecular complexity index is 2570. The second kappa shape index (κ2) is 13.7. The van der Waals surface area contributed by atoms with Crippen molar-refractivity contribution < 1.29 is 24.3 Å². The molecule has 3 saturated heterocycles. The number of carbonyl (C=O) groups excluding carboxylic acids is 4. The molecule has 10 nitrogen and oxygen atoms in total. The van der Waals surface area contributed by atoms with E-state index in [1.54, 1.807) is 46.2 Å². The van der Waals surface area contributed by atoms with Crippen LogP contribution in [0.1, 0.15) is 55.2 Å². The van der Waals surface area contributed by atoms with E-state index in [4.69, 9.17) is 16.7 Å². The summed E-state index contributed by atoms with van der Waals surface area (Å²) in [6, 6.07) is 24.7. The van der Waals surface area contributed by atoms with E-state index in [2.05, 4.69) is 17.0 Å². The van der Waals surface area contributed by atoms with E-state index in [1.165, 1.54) is 10.5 Å². The number of hydrogen-bond acceptors (Lipinski definition) is 8. The number of amides is 4. The number of thiophene rings is 1. The lowest BCUT2D eigenvalue weighted by molar-refractivity contribution is -0.144. The number of carbonyl (C=O) groups is 4. The molecule has 0 bridgehead atoms. The number of imide groups is 2. The Morgan fingerprint density at radius 3 is 2.41 bits per heavy atom. The van der Waals surface area contributed by atoms with Crippen LogP contribution < -0.4 is 4.90 Å². The summed E-state index contributed by atoms with van der Waals surface area (Å²) in [6.45, 7) is 6.26. The third-order valence-electron chi connectivity index (χ3n) is 13.9. The van der Waals surface area contributed by atoms with Crippen molar-refractivity contribution in [1.82, 2.24) is 19.6 Å². The molecule has 6 atom stereocenters. The average molecular weight is 814 g/mol. The number of phenols is 1. The Morgan fingerprint density at radius 2 is 1.66 bits per heavy atom. The number of piperidine rings is 1. The number of aromatic hydroxyl groups is 1. The van der Waals surface area contributed by atoms with E-state index < -0.39 is 35.0 Å². The van der Waals surface area contributed by atoms with Crippen LogP contribution in [0.25, 0.3) is 20.7 Å². The van der Waals surface area contributed by atoms with Crippen molar-refractivity contribution in [2.24, 2.45) is 36.1 Å². The molecule has 2 aromatic heterocycles. The lowest BCUT2D eigenvalue weighted by atomic mass is 9.51. The van der Waals surface area contributed by atoms with Gasteiger partial charge in [0.05, 0.1) is 28.0 Å². The summed E-state index contributed by atoms with van der Waals surface area (Å²) < 4.78 is 2.64. The number of allylic oxidation sites excluding steroid dienone is 2. The SMILES string of the molecule is Cc1c(-c2cc(N3C(=O)[C@@H]4C[C@@H]5C(=CC[C@@H]6C(=O)N(C7CCN(Cc8ccccc8)CC7)C(=O)[C@@H]65)[C@H](c5ccccc5O)[C@]4(C)C3=O)n(C)n2)sc2ccc(Cl)cc12. The fourth-order valence-corrected chi connectivity index (χ4v) is 12.4. The van der Waals surface area contributed by atoms with Gasteiger partial charge >= 0.3 is 0 Å². The monoisotopic (exact) mass is 813 g/mol. The van der Waals surface area contributed by atoms with Crippen LogP contribution in [-0.4, -0.2) is 67.4 Å². The highest BCUT2D eigenvalue weighted by Gasteiger charge is 2.68. The van der Waals surface area contributed by atoms with Gasteiger partial charge in [0.15, 0.2) is 0 Å². The zero-order chi connectivity index (χ0) is 40.2. The summed E-state index contributed by atoms with van der Waals surface area (Å²) in [4.78, 5) is 65.2. The molecule has 58 heavy (non-hydrogen) atoms. The molecule has 3 aliphatic heterocycles. The molecule has 0 unspecified atom stereocenters. The van der Waals surface area contributed by atoms with Crippen molar-refractivity contribution in [3.8, 4) is 16.3 Å². The van der Waals surface area contributed by atoms with Gasteiger partial charge in [-0.3, -0.25) is 33.7 Å². The van der Waals surface area contributed by atoms with Gasteiger partial charge in [0.1, 0.15) is 17.3 Å². The number of benzene rings is 3. The topological polar surface area (TPSA) is 116 Å². The molecule has 12 heteroatoms. The first-order chi connectivity index (χ1) is 27.9. The molecule has 0 spiro atoms. The number of nitrogens with zero attached hydrogens (tertiary/aromatic N) is 5. The maximum atomic E-state index is 15.1. The van der Waals surface area contributed by atoms with Crippen molar-refractivity contribution in [2.45, 2.75) is 58.0 Å². The van der Waals surface area contributed by atoms with Gasteiger partial charge in [-0.1, -0.05) is 71.8 Å². The summed E-state index contributed by atoms with van der Waals surface area (Å²) in [7, 11) is 1.74. The van der Waals surface area contributed by atoms with Gasteiger partial charge in [-0.05, 0) is 86.2 Å². The summed E-state index contributed by atoms with van der Waals surface area (Å²) >= 11 is 7.92. The second-order valence-electron chi connectivity index (χ2n) is 17.0. The molecule has 0 radical (unpaired) electrons. The van der Waals surface area contributed by atoms with Crippen molar-refractivity contribution in [2.75, 3.05) is 18.0 Å². The number of para-hydroxylation sites is 1. The number of fused-ring (bicyclic) bond motifs is 5. The van der Waals surface area contributed by atoms with Gasteiger partial charge < -0.3 is 5.11 Å². The molecule has 1 saturated carbocycles. The maximum Gasteiger partial charge on any atom is 0.242 e. The minimum Gasteiger partial charge on any atom is -0.508 e. The molecule has 5 aromatic rings. The van der Waals surface area contributed by atoms with Gasteiger partial charge in [0, 0.05) is 60.0 Å². The number of halogens is 1. The van der Waals surface area contributed by atoms with Crippen molar-refractivity contribution in [1.29, 1.82) is 0 Å². The minimum atomic E-state index is -1.28. The first kappa shape index (κ1) is 37.2. The van der Waals surface area contributed by atoms with Crippen LogP contribution >= 0.6 is 22.9 Å². The Balaban J connectivity index is 0.986. The highest BCUT2D eigenvalue weighted by Crippen LogP contribution is 2.64. The molecule has 1 N–H and O–H groups in total. The minimum absolute atomic E-state index is 0.0238. The number of aryl methyl sites for hydroxylation is 2. The first-order valence-electron chi connectivity index (χ1n) is 20.2. The number of rotatable bonds is 6. The smallest absolute Gasteiger partial charge is 0.242 e. The van der Waals surface area contributed by atoms with Crippen LogP contribution in [0.4, 0.5) is 5.82 Å². The molecule has 10 rings (SSSR count). The molecule has 4 amide bonds. The van der Waals surface area contributed by atoms with Crippen LogP contribution in [0.3, 0.4) is 0 Å². The second-order valence-corrected chi connectivity index (χ2v) is 18.5. The molecule has 296 valence electrons. The number of anilines is 1. The first-order valence-corrected chi connectivity index (χ1v) is 21.4.